The predicted octanol–water partition coefficient (Wildman–Crippen LogP) is 2.10. The van der Waals surface area contributed by atoms with E-state index in [9.17, 15) is 4.79 Å². The lowest BCUT2D eigenvalue weighted by molar-refractivity contribution is 0.0827. The van der Waals surface area contributed by atoms with E-state index in [1.165, 1.54) is 0 Å². The molecule has 1 aromatic heterocycles. The molecule has 1 aromatic carbocycles. The molecule has 2 N–H and O–H groups in total. The van der Waals surface area contributed by atoms with Gasteiger partial charge in [0.15, 0.2) is 5.96 Å². The van der Waals surface area contributed by atoms with Crippen LogP contribution in [0.5, 0.6) is 0 Å². The predicted molar refractivity (Wildman–Crippen MR) is 115 cm³/mol. The SMILES string of the molecule is CCNC(=NCc1ccc(C(=O)N(C)C)cc1)NCc1cccnc1N(C)C. The van der Waals surface area contributed by atoms with Gasteiger partial charge in [-0.1, -0.05) is 18.2 Å². The highest BCUT2D eigenvalue weighted by Crippen LogP contribution is 2.13. The second-order valence-electron chi connectivity index (χ2n) is 6.83. The Kier molecular flexibility index (Phi) is 7.80. The first-order valence-corrected chi connectivity index (χ1v) is 9.36. The number of benzene rings is 1. The zero-order valence-electron chi connectivity index (χ0n) is 17.4. The Morgan fingerprint density at radius 1 is 1.07 bits per heavy atom. The van der Waals surface area contributed by atoms with Gasteiger partial charge in [-0.3, -0.25) is 4.79 Å². The first kappa shape index (κ1) is 21.2. The van der Waals surface area contributed by atoms with Gasteiger partial charge in [-0.25, -0.2) is 9.98 Å². The van der Waals surface area contributed by atoms with Gasteiger partial charge in [-0.05, 0) is 30.7 Å². The third-order valence-corrected chi connectivity index (χ3v) is 4.11. The summed E-state index contributed by atoms with van der Waals surface area (Å²) in [6.07, 6.45) is 1.79. The van der Waals surface area contributed by atoms with Gasteiger partial charge in [-0.2, -0.15) is 0 Å². The van der Waals surface area contributed by atoms with Crippen molar-refractivity contribution in [1.82, 2.24) is 20.5 Å². The minimum atomic E-state index is -0.00164. The lowest BCUT2D eigenvalue weighted by Gasteiger charge is -2.17. The maximum absolute atomic E-state index is 12.0. The summed E-state index contributed by atoms with van der Waals surface area (Å²) in [4.78, 5) is 24.6. The molecule has 0 aliphatic heterocycles. The number of aliphatic imine (C=N–C) groups is 1. The zero-order chi connectivity index (χ0) is 20.5. The van der Waals surface area contributed by atoms with E-state index in [2.05, 4.69) is 26.7 Å². The van der Waals surface area contributed by atoms with Gasteiger partial charge in [0.2, 0.25) is 0 Å². The van der Waals surface area contributed by atoms with E-state index in [1.807, 2.05) is 56.3 Å². The molecule has 0 saturated carbocycles. The molecule has 0 aliphatic rings. The monoisotopic (exact) mass is 382 g/mol. The summed E-state index contributed by atoms with van der Waals surface area (Å²) in [5.41, 5.74) is 2.82. The van der Waals surface area contributed by atoms with E-state index < -0.39 is 0 Å². The molecule has 0 unspecified atom stereocenters. The van der Waals surface area contributed by atoms with Crippen LogP contribution >= 0.6 is 0 Å². The average molecular weight is 383 g/mol. The summed E-state index contributed by atoms with van der Waals surface area (Å²) in [5.74, 6) is 1.68. The van der Waals surface area contributed by atoms with E-state index in [4.69, 9.17) is 0 Å². The second kappa shape index (κ2) is 10.3. The van der Waals surface area contributed by atoms with E-state index >= 15 is 0 Å². The molecule has 7 heteroatoms. The van der Waals surface area contributed by atoms with Crippen molar-refractivity contribution in [3.8, 4) is 0 Å². The fraction of sp³-hybridized carbons (Fsp3) is 0.381. The fourth-order valence-electron chi connectivity index (χ4n) is 2.67. The Morgan fingerprint density at radius 2 is 1.79 bits per heavy atom. The van der Waals surface area contributed by atoms with Gasteiger partial charge in [0.05, 0.1) is 6.54 Å². The molecule has 0 saturated heterocycles. The van der Waals surface area contributed by atoms with Crippen LogP contribution < -0.4 is 15.5 Å². The summed E-state index contributed by atoms with van der Waals surface area (Å²) in [6.45, 7) is 3.96. The smallest absolute Gasteiger partial charge is 0.253 e. The molecule has 150 valence electrons. The summed E-state index contributed by atoms with van der Waals surface area (Å²) in [5, 5.41) is 6.62. The van der Waals surface area contributed by atoms with Gasteiger partial charge < -0.3 is 20.4 Å². The quantitative estimate of drug-likeness (QED) is 0.567. The van der Waals surface area contributed by atoms with Crippen molar-refractivity contribution in [2.75, 3.05) is 39.6 Å². The van der Waals surface area contributed by atoms with Crippen molar-refractivity contribution in [2.24, 2.45) is 4.99 Å². The lowest BCUT2D eigenvalue weighted by atomic mass is 10.1. The molecule has 0 aliphatic carbocycles. The Bertz CT molecular complexity index is 799. The van der Waals surface area contributed by atoms with Crippen LogP contribution in [-0.2, 0) is 13.1 Å². The maximum Gasteiger partial charge on any atom is 0.253 e. The number of anilines is 1. The lowest BCUT2D eigenvalue weighted by Crippen LogP contribution is -2.37. The van der Waals surface area contributed by atoms with E-state index in [-0.39, 0.29) is 5.91 Å². The molecule has 0 radical (unpaired) electrons. The maximum atomic E-state index is 12.0. The molecule has 0 atom stereocenters. The van der Waals surface area contributed by atoms with Crippen molar-refractivity contribution < 1.29 is 4.79 Å². The third-order valence-electron chi connectivity index (χ3n) is 4.11. The molecule has 0 spiro atoms. The summed E-state index contributed by atoms with van der Waals surface area (Å²) in [6, 6.07) is 11.5. The van der Waals surface area contributed by atoms with Crippen molar-refractivity contribution in [3.05, 3.63) is 59.3 Å². The molecule has 7 nitrogen and oxygen atoms in total. The van der Waals surface area contributed by atoms with Crippen LogP contribution in [0.1, 0.15) is 28.4 Å². The number of hydrogen-bond acceptors (Lipinski definition) is 4. The van der Waals surface area contributed by atoms with Crippen LogP contribution in [0.25, 0.3) is 0 Å². The van der Waals surface area contributed by atoms with Crippen LogP contribution in [0.4, 0.5) is 5.82 Å². The highest BCUT2D eigenvalue weighted by Gasteiger charge is 2.08. The van der Waals surface area contributed by atoms with Crippen LogP contribution in [-0.4, -0.2) is 56.5 Å². The van der Waals surface area contributed by atoms with Gasteiger partial charge in [-0.15, -0.1) is 0 Å². The van der Waals surface area contributed by atoms with E-state index in [0.29, 0.717) is 18.7 Å². The fourth-order valence-corrected chi connectivity index (χ4v) is 2.67. The number of guanidine groups is 1. The number of carbonyl (C=O) groups is 1. The normalized spacial score (nSPS) is 11.1. The Hall–Kier alpha value is -3.09. The number of hydrogen-bond donors (Lipinski definition) is 2. The van der Waals surface area contributed by atoms with Crippen molar-refractivity contribution in [2.45, 2.75) is 20.0 Å². The minimum absolute atomic E-state index is 0.00164. The Balaban J connectivity index is 2.03. The van der Waals surface area contributed by atoms with Crippen LogP contribution in [0.2, 0.25) is 0 Å². The average Bonchev–Trinajstić information content (AvgIpc) is 2.70. The number of aromatic nitrogens is 1. The number of amides is 1. The second-order valence-corrected chi connectivity index (χ2v) is 6.83. The van der Waals surface area contributed by atoms with Crippen LogP contribution in [0, 0.1) is 0 Å². The van der Waals surface area contributed by atoms with Crippen LogP contribution in [0.15, 0.2) is 47.6 Å². The van der Waals surface area contributed by atoms with Gasteiger partial charge in [0.25, 0.3) is 5.91 Å². The number of nitrogens with zero attached hydrogens (tertiary/aromatic N) is 4. The number of rotatable bonds is 7. The Morgan fingerprint density at radius 3 is 2.39 bits per heavy atom. The molecular weight excluding hydrogens is 352 g/mol. The minimum Gasteiger partial charge on any atom is -0.362 e. The molecule has 2 aromatic rings. The molecular formula is C21H30N6O. The molecule has 2 rings (SSSR count). The molecule has 0 fully saturated rings. The number of nitrogens with one attached hydrogen (secondary N) is 2. The molecule has 1 heterocycles. The van der Waals surface area contributed by atoms with E-state index in [0.717, 1.165) is 29.4 Å². The molecule has 0 bridgehead atoms. The van der Waals surface area contributed by atoms with Crippen molar-refractivity contribution >= 4 is 17.7 Å². The summed E-state index contributed by atoms with van der Waals surface area (Å²) in [7, 11) is 7.46. The van der Waals surface area contributed by atoms with Crippen molar-refractivity contribution in [3.63, 3.8) is 0 Å². The highest BCUT2D eigenvalue weighted by molar-refractivity contribution is 5.93. The van der Waals surface area contributed by atoms with Crippen LogP contribution in [0.3, 0.4) is 0 Å². The largest absolute Gasteiger partial charge is 0.362 e. The highest BCUT2D eigenvalue weighted by atomic mass is 16.2. The van der Waals surface area contributed by atoms with Gasteiger partial charge in [0.1, 0.15) is 5.82 Å². The Labute approximate surface area is 167 Å². The molecule has 28 heavy (non-hydrogen) atoms. The summed E-state index contributed by atoms with van der Waals surface area (Å²) < 4.78 is 0. The van der Waals surface area contributed by atoms with Crippen molar-refractivity contribution in [1.29, 1.82) is 0 Å². The summed E-state index contributed by atoms with van der Waals surface area (Å²) >= 11 is 0. The first-order valence-electron chi connectivity index (χ1n) is 9.36. The standard InChI is InChI=1S/C21H30N6O/c1-6-22-21(25-15-18-8-7-13-23-19(18)26(2)3)24-14-16-9-11-17(12-10-16)20(28)27(4)5/h7-13H,6,14-15H2,1-5H3,(H2,22,24,25). The zero-order valence-corrected chi connectivity index (χ0v) is 17.4. The number of pyridine rings is 1. The van der Waals surface area contributed by atoms with E-state index in [1.54, 1.807) is 25.2 Å². The third kappa shape index (κ3) is 5.97. The van der Waals surface area contributed by atoms with Gasteiger partial charge >= 0.3 is 0 Å². The molecule has 1 amide bonds. The number of carbonyl (C=O) groups excluding carboxylic acids is 1. The van der Waals surface area contributed by atoms with Gasteiger partial charge in [0, 0.05) is 58.6 Å². The first-order chi connectivity index (χ1) is 13.4. The topological polar surface area (TPSA) is 72.9 Å².